The van der Waals surface area contributed by atoms with E-state index in [2.05, 4.69) is 12.2 Å². The molecule has 0 fully saturated rings. The lowest BCUT2D eigenvalue weighted by molar-refractivity contribution is -0.223. The van der Waals surface area contributed by atoms with E-state index in [0.717, 1.165) is 23.3 Å². The quantitative estimate of drug-likeness (QED) is 0.782. The Balaban J connectivity index is 2.36. The molecule has 0 aromatic heterocycles. The van der Waals surface area contributed by atoms with E-state index in [-0.39, 0.29) is 5.84 Å². The average Bonchev–Trinajstić information content (AvgIpc) is 2.70. The Morgan fingerprint density at radius 3 is 2.61 bits per heavy atom. The van der Waals surface area contributed by atoms with Crippen LogP contribution in [-0.2, 0) is 15.4 Å². The van der Waals surface area contributed by atoms with Crippen molar-refractivity contribution < 1.29 is 14.2 Å². The first-order chi connectivity index (χ1) is 8.66. The molecule has 0 unspecified atom stereocenters. The zero-order valence-electron chi connectivity index (χ0n) is 10.9. The monoisotopic (exact) mass is 250 g/mol. The lowest BCUT2D eigenvalue weighted by Gasteiger charge is -2.26. The standard InChI is InChI=1S/C13H18N2O3/c1-4-7-18-9-5-6-11-10(8-9)12(14)15-13(11,16-2)17-3/h5-6,8H,4,7H2,1-3H3,(H2,14,15). The van der Waals surface area contributed by atoms with E-state index < -0.39 is 5.91 Å². The fourth-order valence-electron chi connectivity index (χ4n) is 2.03. The number of fused-ring (bicyclic) bond motifs is 1. The Kier molecular flexibility index (Phi) is 3.54. The highest BCUT2D eigenvalue weighted by Gasteiger charge is 2.42. The molecule has 98 valence electrons. The van der Waals surface area contributed by atoms with Gasteiger partial charge in [-0.15, -0.1) is 0 Å². The number of hydrogen-bond donors (Lipinski definition) is 2. The van der Waals surface area contributed by atoms with Crippen molar-refractivity contribution in [1.29, 1.82) is 5.41 Å². The summed E-state index contributed by atoms with van der Waals surface area (Å²) in [4.78, 5) is 0. The highest BCUT2D eigenvalue weighted by molar-refractivity contribution is 6.01. The molecule has 5 heteroatoms. The minimum Gasteiger partial charge on any atom is -0.494 e. The third kappa shape index (κ3) is 1.95. The molecule has 0 saturated carbocycles. The summed E-state index contributed by atoms with van der Waals surface area (Å²) in [6.07, 6.45) is 0.951. The van der Waals surface area contributed by atoms with Gasteiger partial charge in [-0.2, -0.15) is 0 Å². The van der Waals surface area contributed by atoms with Crippen molar-refractivity contribution in [2.24, 2.45) is 0 Å². The van der Waals surface area contributed by atoms with Crippen LogP contribution in [0.2, 0.25) is 0 Å². The van der Waals surface area contributed by atoms with Crippen LogP contribution in [0, 0.1) is 5.41 Å². The van der Waals surface area contributed by atoms with Crippen molar-refractivity contribution in [1.82, 2.24) is 5.32 Å². The third-order valence-corrected chi connectivity index (χ3v) is 2.95. The summed E-state index contributed by atoms with van der Waals surface area (Å²) in [5.41, 5.74) is 1.54. The molecule has 2 rings (SSSR count). The van der Waals surface area contributed by atoms with Crippen LogP contribution in [0.3, 0.4) is 0 Å². The third-order valence-electron chi connectivity index (χ3n) is 2.95. The van der Waals surface area contributed by atoms with E-state index in [9.17, 15) is 0 Å². The van der Waals surface area contributed by atoms with Gasteiger partial charge in [0.05, 0.1) is 6.61 Å². The van der Waals surface area contributed by atoms with Crippen LogP contribution in [0.15, 0.2) is 18.2 Å². The Bertz CT molecular complexity index is 456. The number of methoxy groups -OCH3 is 2. The van der Waals surface area contributed by atoms with Gasteiger partial charge in [0.15, 0.2) is 0 Å². The van der Waals surface area contributed by atoms with Crippen LogP contribution in [-0.4, -0.2) is 26.7 Å². The fourth-order valence-corrected chi connectivity index (χ4v) is 2.03. The van der Waals surface area contributed by atoms with Gasteiger partial charge in [0.2, 0.25) is 0 Å². The second kappa shape index (κ2) is 4.96. The highest BCUT2D eigenvalue weighted by Crippen LogP contribution is 2.34. The van der Waals surface area contributed by atoms with Crippen molar-refractivity contribution in [3.8, 4) is 5.75 Å². The van der Waals surface area contributed by atoms with Crippen molar-refractivity contribution in [2.75, 3.05) is 20.8 Å². The number of rotatable bonds is 5. The summed E-state index contributed by atoms with van der Waals surface area (Å²) in [7, 11) is 3.08. The second-order valence-corrected chi connectivity index (χ2v) is 4.08. The predicted molar refractivity (Wildman–Crippen MR) is 67.9 cm³/mol. The van der Waals surface area contributed by atoms with E-state index >= 15 is 0 Å². The summed E-state index contributed by atoms with van der Waals surface area (Å²) in [5, 5.41) is 10.8. The van der Waals surface area contributed by atoms with Gasteiger partial charge in [0, 0.05) is 25.3 Å². The van der Waals surface area contributed by atoms with Gasteiger partial charge in [-0.1, -0.05) is 6.92 Å². The second-order valence-electron chi connectivity index (χ2n) is 4.08. The van der Waals surface area contributed by atoms with E-state index in [1.165, 1.54) is 0 Å². The Morgan fingerprint density at radius 2 is 2.00 bits per heavy atom. The summed E-state index contributed by atoms with van der Waals surface area (Å²) in [5.74, 6) is -0.0313. The summed E-state index contributed by atoms with van der Waals surface area (Å²) in [6, 6.07) is 5.56. The molecule has 1 heterocycles. The van der Waals surface area contributed by atoms with Crippen LogP contribution in [0.25, 0.3) is 0 Å². The number of hydrogen-bond acceptors (Lipinski definition) is 4. The topological polar surface area (TPSA) is 63.6 Å². The van der Waals surface area contributed by atoms with Crippen molar-refractivity contribution >= 4 is 5.84 Å². The zero-order chi connectivity index (χ0) is 13.2. The van der Waals surface area contributed by atoms with Crippen LogP contribution in [0.4, 0.5) is 0 Å². The Labute approximate surface area is 107 Å². The first kappa shape index (κ1) is 12.9. The summed E-state index contributed by atoms with van der Waals surface area (Å²) < 4.78 is 16.3. The molecule has 0 aliphatic carbocycles. The molecular weight excluding hydrogens is 232 g/mol. The smallest absolute Gasteiger partial charge is 0.279 e. The summed E-state index contributed by atoms with van der Waals surface area (Å²) in [6.45, 7) is 2.72. The minimum absolute atomic E-state index is 0.274. The van der Waals surface area contributed by atoms with E-state index in [4.69, 9.17) is 19.6 Å². The SMILES string of the molecule is CCCOc1ccc2c(c1)C(=N)NC2(OC)OC. The van der Waals surface area contributed by atoms with Gasteiger partial charge in [-0.3, -0.25) is 5.41 Å². The van der Waals surface area contributed by atoms with E-state index in [1.807, 2.05) is 18.2 Å². The molecule has 0 atom stereocenters. The van der Waals surface area contributed by atoms with Crippen LogP contribution >= 0.6 is 0 Å². The maximum atomic E-state index is 7.94. The highest BCUT2D eigenvalue weighted by atomic mass is 16.7. The van der Waals surface area contributed by atoms with Crippen molar-refractivity contribution in [3.05, 3.63) is 29.3 Å². The lowest BCUT2D eigenvalue weighted by Crippen LogP contribution is -2.42. The number of ether oxygens (including phenoxy) is 3. The van der Waals surface area contributed by atoms with Crippen molar-refractivity contribution in [3.63, 3.8) is 0 Å². The van der Waals surface area contributed by atoms with Crippen molar-refractivity contribution in [2.45, 2.75) is 19.3 Å². The maximum Gasteiger partial charge on any atom is 0.279 e. The first-order valence-electron chi connectivity index (χ1n) is 5.91. The average molecular weight is 250 g/mol. The fraction of sp³-hybridized carbons (Fsp3) is 0.462. The molecule has 1 aliphatic heterocycles. The predicted octanol–water partition coefficient (Wildman–Crippen LogP) is 1.81. The van der Waals surface area contributed by atoms with Crippen LogP contribution in [0.1, 0.15) is 24.5 Å². The zero-order valence-corrected chi connectivity index (χ0v) is 10.9. The van der Waals surface area contributed by atoms with E-state index in [1.54, 1.807) is 14.2 Å². The molecule has 0 radical (unpaired) electrons. The molecule has 1 aliphatic rings. The summed E-state index contributed by atoms with van der Waals surface area (Å²) >= 11 is 0. The molecule has 5 nitrogen and oxygen atoms in total. The molecule has 0 spiro atoms. The molecule has 0 amide bonds. The van der Waals surface area contributed by atoms with Gasteiger partial charge < -0.3 is 19.5 Å². The number of benzene rings is 1. The van der Waals surface area contributed by atoms with Gasteiger partial charge in [0.1, 0.15) is 11.6 Å². The minimum atomic E-state index is -1.06. The number of nitrogens with one attached hydrogen (secondary N) is 2. The molecular formula is C13H18N2O3. The Morgan fingerprint density at radius 1 is 1.28 bits per heavy atom. The van der Waals surface area contributed by atoms with Gasteiger partial charge in [0.25, 0.3) is 5.91 Å². The normalized spacial score (nSPS) is 16.3. The largest absolute Gasteiger partial charge is 0.494 e. The van der Waals surface area contributed by atoms with Gasteiger partial charge in [-0.05, 0) is 24.6 Å². The van der Waals surface area contributed by atoms with Gasteiger partial charge in [-0.25, -0.2) is 0 Å². The van der Waals surface area contributed by atoms with Crippen LogP contribution < -0.4 is 10.1 Å². The van der Waals surface area contributed by atoms with Crippen LogP contribution in [0.5, 0.6) is 5.75 Å². The van der Waals surface area contributed by atoms with Gasteiger partial charge >= 0.3 is 0 Å². The molecule has 1 aromatic carbocycles. The van der Waals surface area contributed by atoms with E-state index in [0.29, 0.717) is 6.61 Å². The molecule has 18 heavy (non-hydrogen) atoms. The molecule has 1 aromatic rings. The molecule has 2 N–H and O–H groups in total. The molecule has 0 saturated heterocycles. The maximum absolute atomic E-state index is 7.94. The lowest BCUT2D eigenvalue weighted by atomic mass is 10.1. The Hall–Kier alpha value is -1.59. The molecule has 0 bridgehead atoms. The number of amidine groups is 1. The first-order valence-corrected chi connectivity index (χ1v) is 5.91.